The Balaban J connectivity index is 3.49. The Morgan fingerprint density at radius 2 is 1.67 bits per heavy atom. The lowest BCUT2D eigenvalue weighted by molar-refractivity contribution is -0.137. The van der Waals surface area contributed by atoms with Crippen LogP contribution in [0.3, 0.4) is 0 Å². The van der Waals surface area contributed by atoms with Crippen molar-refractivity contribution in [3.8, 4) is 0 Å². The molecule has 108 valence electrons. The zero-order chi connectivity index (χ0) is 13.9. The fraction of sp³-hybridized carbons (Fsp3) is 0.917. The van der Waals surface area contributed by atoms with E-state index in [0.29, 0.717) is 6.54 Å². The molecule has 2 N–H and O–H groups in total. The van der Waals surface area contributed by atoms with Crippen molar-refractivity contribution in [2.45, 2.75) is 58.3 Å². The van der Waals surface area contributed by atoms with Crippen LogP contribution >= 0.6 is 0 Å². The fourth-order valence-corrected chi connectivity index (χ4v) is 2.74. The minimum absolute atomic E-state index is 0.0993. The van der Waals surface area contributed by atoms with Crippen LogP contribution in [0.25, 0.3) is 0 Å². The molecule has 6 heteroatoms. The molecule has 0 spiro atoms. The lowest BCUT2D eigenvalue weighted by Crippen LogP contribution is -2.27. The normalized spacial score (nSPS) is 11.6. The van der Waals surface area contributed by atoms with Crippen LogP contribution in [0.1, 0.15) is 58.3 Å². The third-order valence-corrected chi connectivity index (χ3v) is 4.13. The van der Waals surface area contributed by atoms with Crippen LogP contribution in [0.5, 0.6) is 0 Å². The lowest BCUT2D eigenvalue weighted by atomic mass is 10.1. The predicted octanol–water partition coefficient (Wildman–Crippen LogP) is 2.13. The number of carbonyl (C=O) groups is 1. The zero-order valence-corrected chi connectivity index (χ0v) is 12.0. The number of hydrogen-bond acceptors (Lipinski definition) is 3. The third kappa shape index (κ3) is 11.9. The van der Waals surface area contributed by atoms with Gasteiger partial charge >= 0.3 is 5.97 Å². The summed E-state index contributed by atoms with van der Waals surface area (Å²) >= 11 is 0. The van der Waals surface area contributed by atoms with Crippen LogP contribution in [0, 0.1) is 0 Å². The van der Waals surface area contributed by atoms with Crippen molar-refractivity contribution in [1.82, 2.24) is 4.72 Å². The summed E-state index contributed by atoms with van der Waals surface area (Å²) in [5, 5.41) is 8.41. The van der Waals surface area contributed by atoms with E-state index in [-0.39, 0.29) is 18.6 Å². The van der Waals surface area contributed by atoms with Gasteiger partial charge in [0, 0.05) is 13.0 Å². The molecule has 0 aromatic rings. The van der Waals surface area contributed by atoms with Gasteiger partial charge in [-0.1, -0.05) is 39.0 Å². The summed E-state index contributed by atoms with van der Waals surface area (Å²) in [6.07, 6.45) is 6.76. The molecule has 0 atom stereocenters. The van der Waals surface area contributed by atoms with Crippen molar-refractivity contribution in [3.63, 3.8) is 0 Å². The molecule has 0 saturated heterocycles. The van der Waals surface area contributed by atoms with E-state index >= 15 is 0 Å². The van der Waals surface area contributed by atoms with Crippen LogP contribution in [0.15, 0.2) is 0 Å². The first-order valence-corrected chi connectivity index (χ1v) is 8.32. The van der Waals surface area contributed by atoms with E-state index in [1.165, 1.54) is 19.3 Å². The monoisotopic (exact) mass is 279 g/mol. The molecular weight excluding hydrogens is 254 g/mol. The van der Waals surface area contributed by atoms with Crippen LogP contribution < -0.4 is 4.72 Å². The van der Waals surface area contributed by atoms with E-state index in [1.807, 2.05) is 0 Å². The summed E-state index contributed by atoms with van der Waals surface area (Å²) in [7, 11) is -3.29. The van der Waals surface area contributed by atoms with Crippen LogP contribution in [0.2, 0.25) is 0 Å². The first-order chi connectivity index (χ1) is 8.48. The second-order valence-electron chi connectivity index (χ2n) is 4.48. The van der Waals surface area contributed by atoms with Gasteiger partial charge in [0.15, 0.2) is 0 Å². The van der Waals surface area contributed by atoms with Gasteiger partial charge in [-0.3, -0.25) is 4.79 Å². The molecule has 0 saturated carbocycles. The van der Waals surface area contributed by atoms with E-state index in [1.54, 1.807) is 0 Å². The Bertz CT molecular complexity index is 314. The molecule has 0 bridgehead atoms. The molecule has 0 radical (unpaired) electrons. The van der Waals surface area contributed by atoms with Crippen molar-refractivity contribution < 1.29 is 18.3 Å². The maximum atomic E-state index is 11.4. The van der Waals surface area contributed by atoms with Crippen LogP contribution in [-0.2, 0) is 14.8 Å². The SMILES string of the molecule is CCCCCCCCNS(=O)(=O)CCCC(=O)O. The minimum Gasteiger partial charge on any atom is -0.481 e. The maximum Gasteiger partial charge on any atom is 0.303 e. The van der Waals surface area contributed by atoms with Gasteiger partial charge in [0.25, 0.3) is 0 Å². The molecule has 0 aliphatic carbocycles. The van der Waals surface area contributed by atoms with Crippen molar-refractivity contribution in [2.24, 2.45) is 0 Å². The average Bonchev–Trinajstić information content (AvgIpc) is 2.27. The smallest absolute Gasteiger partial charge is 0.303 e. The molecule has 0 aliphatic heterocycles. The fourth-order valence-electron chi connectivity index (χ4n) is 1.62. The van der Waals surface area contributed by atoms with E-state index in [0.717, 1.165) is 19.3 Å². The van der Waals surface area contributed by atoms with Gasteiger partial charge in [0.05, 0.1) is 5.75 Å². The molecular formula is C12H25NO4S. The Morgan fingerprint density at radius 3 is 2.28 bits per heavy atom. The molecule has 0 fully saturated rings. The largest absolute Gasteiger partial charge is 0.481 e. The number of carboxylic acids is 1. The number of hydrogen-bond donors (Lipinski definition) is 2. The summed E-state index contributed by atoms with van der Waals surface area (Å²) in [4.78, 5) is 10.3. The highest BCUT2D eigenvalue weighted by Crippen LogP contribution is 2.04. The maximum absolute atomic E-state index is 11.4. The van der Waals surface area contributed by atoms with Crippen molar-refractivity contribution in [3.05, 3.63) is 0 Å². The molecule has 0 aromatic carbocycles. The summed E-state index contributed by atoms with van der Waals surface area (Å²) < 4.78 is 25.4. The number of unbranched alkanes of at least 4 members (excludes halogenated alkanes) is 5. The first-order valence-electron chi connectivity index (χ1n) is 6.67. The molecule has 0 heterocycles. The van der Waals surface area contributed by atoms with Gasteiger partial charge in [-0.2, -0.15) is 0 Å². The van der Waals surface area contributed by atoms with Crippen molar-refractivity contribution in [1.29, 1.82) is 0 Å². The van der Waals surface area contributed by atoms with Gasteiger partial charge < -0.3 is 5.11 Å². The van der Waals surface area contributed by atoms with E-state index in [4.69, 9.17) is 5.11 Å². The van der Waals surface area contributed by atoms with Gasteiger partial charge in [-0.25, -0.2) is 13.1 Å². The van der Waals surface area contributed by atoms with E-state index < -0.39 is 16.0 Å². The minimum atomic E-state index is -3.29. The summed E-state index contributed by atoms with van der Waals surface area (Å²) in [6, 6.07) is 0. The van der Waals surface area contributed by atoms with Gasteiger partial charge in [0.2, 0.25) is 10.0 Å². The molecule has 0 unspecified atom stereocenters. The lowest BCUT2D eigenvalue weighted by Gasteiger charge is -2.05. The highest BCUT2D eigenvalue weighted by molar-refractivity contribution is 7.89. The summed E-state index contributed by atoms with van der Waals surface area (Å²) in [6.45, 7) is 2.62. The molecule has 5 nitrogen and oxygen atoms in total. The number of aliphatic carboxylic acids is 1. The predicted molar refractivity (Wildman–Crippen MR) is 72.0 cm³/mol. The Labute approximate surface area is 110 Å². The van der Waals surface area contributed by atoms with Gasteiger partial charge in [-0.05, 0) is 12.8 Å². The Hall–Kier alpha value is -0.620. The topological polar surface area (TPSA) is 83.5 Å². The summed E-state index contributed by atoms with van der Waals surface area (Å²) in [5.41, 5.74) is 0. The van der Waals surface area contributed by atoms with Crippen LogP contribution in [0.4, 0.5) is 0 Å². The number of nitrogens with one attached hydrogen (secondary N) is 1. The highest BCUT2D eigenvalue weighted by atomic mass is 32.2. The second kappa shape index (κ2) is 10.3. The average molecular weight is 279 g/mol. The van der Waals surface area contributed by atoms with Crippen molar-refractivity contribution >= 4 is 16.0 Å². The molecule has 0 aliphatic rings. The van der Waals surface area contributed by atoms with E-state index in [2.05, 4.69) is 11.6 Å². The number of carboxylic acid groups (broad SMARTS) is 1. The number of rotatable bonds is 12. The van der Waals surface area contributed by atoms with Crippen LogP contribution in [-0.4, -0.2) is 31.8 Å². The summed E-state index contributed by atoms with van der Waals surface area (Å²) in [5.74, 6) is -1.06. The quantitative estimate of drug-likeness (QED) is 0.536. The van der Waals surface area contributed by atoms with Gasteiger partial charge in [0.1, 0.15) is 0 Å². The number of sulfonamides is 1. The van der Waals surface area contributed by atoms with Gasteiger partial charge in [-0.15, -0.1) is 0 Å². The molecule has 0 amide bonds. The van der Waals surface area contributed by atoms with E-state index in [9.17, 15) is 13.2 Å². The Kier molecular flexibility index (Phi) is 9.96. The molecule has 18 heavy (non-hydrogen) atoms. The zero-order valence-electron chi connectivity index (χ0n) is 11.2. The second-order valence-corrected chi connectivity index (χ2v) is 6.40. The first kappa shape index (κ1) is 17.4. The molecule has 0 rings (SSSR count). The highest BCUT2D eigenvalue weighted by Gasteiger charge is 2.10. The third-order valence-electron chi connectivity index (χ3n) is 2.66. The molecule has 0 aromatic heterocycles. The Morgan fingerprint density at radius 1 is 1.06 bits per heavy atom. The standard InChI is InChI=1S/C12H25NO4S/c1-2-3-4-5-6-7-10-13-18(16,17)11-8-9-12(14)15/h13H,2-11H2,1H3,(H,14,15). The van der Waals surface area contributed by atoms with Crippen molar-refractivity contribution in [2.75, 3.05) is 12.3 Å².